The van der Waals surface area contributed by atoms with Gasteiger partial charge in [0.2, 0.25) is 5.91 Å². The Morgan fingerprint density at radius 3 is 2.86 bits per heavy atom. The standard InChI is InChI=1S/C15H19N3O4/c16-8-15(7-14(15)1-3-21-4-2-14)12(19)18-10-5-9-6-11(10)22-13(20)17-9/h9-11H,1-7H2,(H,17,20)(H,18,19)/t9-,10-,11-,15?/m1/s1. The van der Waals surface area contributed by atoms with Crippen molar-refractivity contribution in [2.45, 2.75) is 50.3 Å². The van der Waals surface area contributed by atoms with Gasteiger partial charge in [-0.2, -0.15) is 5.26 Å². The van der Waals surface area contributed by atoms with Crippen molar-refractivity contribution in [2.24, 2.45) is 10.8 Å². The molecule has 0 aromatic heterocycles. The zero-order valence-electron chi connectivity index (χ0n) is 12.3. The highest BCUT2D eigenvalue weighted by Crippen LogP contribution is 2.68. The van der Waals surface area contributed by atoms with Gasteiger partial charge in [-0.25, -0.2) is 4.79 Å². The van der Waals surface area contributed by atoms with Crippen LogP contribution in [0, 0.1) is 22.2 Å². The lowest BCUT2D eigenvalue weighted by Gasteiger charge is -2.27. The Kier molecular flexibility index (Phi) is 2.89. The van der Waals surface area contributed by atoms with E-state index >= 15 is 0 Å². The Hall–Kier alpha value is -1.81. The molecule has 2 saturated carbocycles. The van der Waals surface area contributed by atoms with Gasteiger partial charge in [0.05, 0.1) is 12.1 Å². The summed E-state index contributed by atoms with van der Waals surface area (Å²) in [6.07, 6.45) is 2.84. The quantitative estimate of drug-likeness (QED) is 0.771. The number of carbonyl (C=O) groups excluding carboxylic acids is 2. The summed E-state index contributed by atoms with van der Waals surface area (Å²) in [6, 6.07) is 2.13. The van der Waals surface area contributed by atoms with Gasteiger partial charge >= 0.3 is 6.09 Å². The van der Waals surface area contributed by atoms with Crippen molar-refractivity contribution in [2.75, 3.05) is 13.2 Å². The van der Waals surface area contributed by atoms with E-state index in [1.807, 2.05) is 0 Å². The van der Waals surface area contributed by atoms with Gasteiger partial charge < -0.3 is 20.1 Å². The first-order chi connectivity index (χ1) is 10.6. The monoisotopic (exact) mass is 305 g/mol. The average Bonchev–Trinajstić information content (AvgIpc) is 3.04. The number of nitrogens with one attached hydrogen (secondary N) is 2. The van der Waals surface area contributed by atoms with Crippen LogP contribution in [0.4, 0.5) is 4.79 Å². The van der Waals surface area contributed by atoms with Crippen LogP contribution in [0.3, 0.4) is 0 Å². The molecule has 2 N–H and O–H groups in total. The molecule has 4 aliphatic rings. The second kappa shape index (κ2) is 4.59. The largest absolute Gasteiger partial charge is 0.444 e. The number of hydrogen-bond acceptors (Lipinski definition) is 5. The Bertz CT molecular complexity index is 566. The molecule has 2 heterocycles. The van der Waals surface area contributed by atoms with E-state index in [4.69, 9.17) is 9.47 Å². The fourth-order valence-electron chi connectivity index (χ4n) is 4.39. The van der Waals surface area contributed by atoms with E-state index < -0.39 is 11.5 Å². The minimum atomic E-state index is -0.926. The van der Waals surface area contributed by atoms with E-state index in [9.17, 15) is 14.9 Å². The van der Waals surface area contributed by atoms with Gasteiger partial charge in [-0.05, 0) is 25.7 Å². The molecule has 22 heavy (non-hydrogen) atoms. The smallest absolute Gasteiger partial charge is 0.407 e. The SMILES string of the molecule is N#CC1(C(=O)N[C@@H]2C[C@@H]3C[C@H]2OC(=O)N3)CC12CCOCC2. The van der Waals surface area contributed by atoms with Crippen LogP contribution in [-0.2, 0) is 14.3 Å². The molecular formula is C15H19N3O4. The molecule has 0 aromatic carbocycles. The second-order valence-corrected chi connectivity index (χ2v) is 6.92. The number of carbonyl (C=O) groups is 2. The lowest BCUT2D eigenvalue weighted by molar-refractivity contribution is -0.127. The first kappa shape index (κ1) is 13.8. The molecule has 0 radical (unpaired) electrons. The number of fused-ring (bicyclic) bond motifs is 2. The maximum atomic E-state index is 12.7. The predicted octanol–water partition coefficient (Wildman–Crippen LogP) is 0.452. The molecule has 2 bridgehead atoms. The summed E-state index contributed by atoms with van der Waals surface area (Å²) in [5, 5.41) is 15.3. The van der Waals surface area contributed by atoms with Crippen molar-refractivity contribution in [3.63, 3.8) is 0 Å². The second-order valence-electron chi connectivity index (χ2n) is 6.92. The Labute approximate surface area is 128 Å². The summed E-state index contributed by atoms with van der Waals surface area (Å²) in [5.41, 5.74) is -1.14. The Morgan fingerprint density at radius 1 is 1.36 bits per heavy atom. The van der Waals surface area contributed by atoms with Gasteiger partial charge in [0.15, 0.2) is 0 Å². The molecule has 4 rings (SSSR count). The zero-order chi connectivity index (χ0) is 15.4. The fourth-order valence-corrected chi connectivity index (χ4v) is 4.39. The molecular weight excluding hydrogens is 286 g/mol. The average molecular weight is 305 g/mol. The fraction of sp³-hybridized carbons (Fsp3) is 0.800. The third-order valence-corrected chi connectivity index (χ3v) is 5.81. The highest BCUT2D eigenvalue weighted by molar-refractivity contribution is 5.90. The minimum Gasteiger partial charge on any atom is -0.444 e. The Morgan fingerprint density at radius 2 is 2.14 bits per heavy atom. The van der Waals surface area contributed by atoms with E-state index in [0.717, 1.165) is 19.3 Å². The number of amides is 2. The number of rotatable bonds is 2. The highest BCUT2D eigenvalue weighted by atomic mass is 16.6. The number of hydrogen-bond donors (Lipinski definition) is 2. The molecule has 4 atom stereocenters. The van der Waals surface area contributed by atoms with Crippen LogP contribution >= 0.6 is 0 Å². The van der Waals surface area contributed by atoms with E-state index in [0.29, 0.717) is 26.1 Å². The molecule has 2 aliphatic heterocycles. The summed E-state index contributed by atoms with van der Waals surface area (Å²) >= 11 is 0. The normalized spacial score (nSPS) is 41.2. The van der Waals surface area contributed by atoms with Gasteiger partial charge in [-0.1, -0.05) is 0 Å². The third kappa shape index (κ3) is 1.83. The van der Waals surface area contributed by atoms with Crippen LogP contribution in [0.2, 0.25) is 0 Å². The molecule has 2 aliphatic carbocycles. The van der Waals surface area contributed by atoms with Crippen LogP contribution in [0.1, 0.15) is 32.1 Å². The van der Waals surface area contributed by atoms with Gasteiger partial charge in [0, 0.05) is 31.1 Å². The first-order valence-corrected chi connectivity index (χ1v) is 7.86. The maximum absolute atomic E-state index is 12.7. The first-order valence-electron chi connectivity index (χ1n) is 7.86. The highest BCUT2D eigenvalue weighted by Gasteiger charge is 2.72. The molecule has 4 fully saturated rings. The van der Waals surface area contributed by atoms with Crippen molar-refractivity contribution in [3.8, 4) is 6.07 Å². The predicted molar refractivity (Wildman–Crippen MR) is 73.5 cm³/mol. The van der Waals surface area contributed by atoms with E-state index in [1.165, 1.54) is 0 Å². The lowest BCUT2D eigenvalue weighted by atomic mass is 9.86. The van der Waals surface area contributed by atoms with Crippen LogP contribution < -0.4 is 10.6 Å². The number of alkyl carbamates (subject to hydrolysis) is 1. The van der Waals surface area contributed by atoms with Crippen LogP contribution in [0.5, 0.6) is 0 Å². The summed E-state index contributed by atoms with van der Waals surface area (Å²) in [7, 11) is 0. The number of ether oxygens (including phenoxy) is 2. The van der Waals surface area contributed by atoms with E-state index in [2.05, 4.69) is 16.7 Å². The molecule has 1 unspecified atom stereocenters. The molecule has 1 spiro atoms. The summed E-state index contributed by atoms with van der Waals surface area (Å²) < 4.78 is 10.6. The third-order valence-electron chi connectivity index (χ3n) is 5.81. The van der Waals surface area contributed by atoms with E-state index in [-0.39, 0.29) is 29.5 Å². The van der Waals surface area contributed by atoms with Gasteiger partial charge in [-0.15, -0.1) is 0 Å². The maximum Gasteiger partial charge on any atom is 0.407 e. The summed E-state index contributed by atoms with van der Waals surface area (Å²) in [4.78, 5) is 24.1. The lowest BCUT2D eigenvalue weighted by Crippen LogP contribution is -2.47. The van der Waals surface area contributed by atoms with E-state index in [1.54, 1.807) is 0 Å². The number of nitriles is 1. The molecule has 0 aromatic rings. The molecule has 7 nitrogen and oxygen atoms in total. The van der Waals surface area contributed by atoms with Crippen molar-refractivity contribution < 1.29 is 19.1 Å². The van der Waals surface area contributed by atoms with Gasteiger partial charge in [-0.3, -0.25) is 4.79 Å². The Balaban J connectivity index is 1.46. The molecule has 118 valence electrons. The number of nitrogens with zero attached hydrogens (tertiary/aromatic N) is 1. The van der Waals surface area contributed by atoms with Crippen molar-refractivity contribution in [3.05, 3.63) is 0 Å². The minimum absolute atomic E-state index is 0.0610. The summed E-state index contributed by atoms with van der Waals surface area (Å²) in [6.45, 7) is 1.23. The van der Waals surface area contributed by atoms with Gasteiger partial charge in [0.25, 0.3) is 0 Å². The molecule has 2 amide bonds. The van der Waals surface area contributed by atoms with Crippen LogP contribution in [-0.4, -0.2) is 43.4 Å². The zero-order valence-corrected chi connectivity index (χ0v) is 12.3. The van der Waals surface area contributed by atoms with Crippen LogP contribution in [0.15, 0.2) is 0 Å². The van der Waals surface area contributed by atoms with Crippen molar-refractivity contribution in [1.29, 1.82) is 5.26 Å². The summed E-state index contributed by atoms with van der Waals surface area (Å²) in [5.74, 6) is -0.203. The van der Waals surface area contributed by atoms with Crippen LogP contribution in [0.25, 0.3) is 0 Å². The van der Waals surface area contributed by atoms with Gasteiger partial charge in [0.1, 0.15) is 11.5 Å². The molecule has 2 saturated heterocycles. The topological polar surface area (TPSA) is 100 Å². The molecule has 7 heteroatoms. The van der Waals surface area contributed by atoms with Crippen molar-refractivity contribution >= 4 is 12.0 Å². The van der Waals surface area contributed by atoms with Crippen molar-refractivity contribution in [1.82, 2.24) is 10.6 Å².